The number of nitrogens with zero attached hydrogens (tertiary/aromatic N) is 4. The van der Waals surface area contributed by atoms with E-state index in [0.29, 0.717) is 54.3 Å². The molecule has 2 aromatic carbocycles. The summed E-state index contributed by atoms with van der Waals surface area (Å²) in [6.45, 7) is 11.3. The van der Waals surface area contributed by atoms with Crippen LogP contribution < -0.4 is 26.0 Å². The molecular formula is C33H44N8O6. The molecule has 252 valence electrons. The average Bonchev–Trinajstić information content (AvgIpc) is 3.57. The molecule has 14 nitrogen and oxygen atoms in total. The Hall–Kier alpha value is -5.27. The number of aromatic nitrogens is 4. The number of imidazole rings is 1. The first kappa shape index (κ1) is 34.6. The number of carbonyl (C=O) groups excluding carboxylic acids is 3. The Balaban J connectivity index is 1.48. The molecule has 3 amide bonds. The van der Waals surface area contributed by atoms with Gasteiger partial charge in [0.1, 0.15) is 29.3 Å². The van der Waals surface area contributed by atoms with Gasteiger partial charge in [-0.25, -0.2) is 19.3 Å². The van der Waals surface area contributed by atoms with Crippen molar-refractivity contribution in [2.24, 2.45) is 0 Å². The lowest BCUT2D eigenvalue weighted by atomic mass is 10.1. The van der Waals surface area contributed by atoms with Crippen molar-refractivity contribution >= 4 is 40.9 Å². The van der Waals surface area contributed by atoms with Crippen molar-refractivity contribution in [1.82, 2.24) is 35.3 Å². The number of methoxy groups -OCH3 is 1. The van der Waals surface area contributed by atoms with Crippen LogP contribution in [0, 0.1) is 6.92 Å². The summed E-state index contributed by atoms with van der Waals surface area (Å²) in [5.74, 6) is 1.39. The van der Waals surface area contributed by atoms with Crippen LogP contribution >= 0.6 is 0 Å². The molecule has 0 radical (unpaired) electrons. The van der Waals surface area contributed by atoms with Crippen molar-refractivity contribution in [2.45, 2.75) is 66.3 Å². The van der Waals surface area contributed by atoms with Gasteiger partial charge in [-0.15, -0.1) is 0 Å². The molecule has 2 heterocycles. The van der Waals surface area contributed by atoms with Crippen LogP contribution in [0.25, 0.3) is 11.0 Å². The number of carbonyl (C=O) groups is 3. The van der Waals surface area contributed by atoms with E-state index in [2.05, 4.69) is 26.4 Å². The molecule has 0 atom stereocenters. The van der Waals surface area contributed by atoms with E-state index in [1.54, 1.807) is 32.9 Å². The minimum absolute atomic E-state index is 0.185. The Morgan fingerprint density at radius 1 is 0.936 bits per heavy atom. The van der Waals surface area contributed by atoms with Gasteiger partial charge in [-0.2, -0.15) is 5.10 Å². The molecule has 0 aliphatic heterocycles. The molecule has 0 saturated carbocycles. The molecule has 0 unspecified atom stereocenters. The summed E-state index contributed by atoms with van der Waals surface area (Å²) < 4.78 is 20.1. The standard InChI is InChI=1S/C33H44N8O6/c1-7-41-27(18-22(2)39-41)38-30-37-25-19-24(29(42)34-15-16-36-32(44)47-33(3,4)5)20-26(45-6)28(25)40(30)17-11-14-35-31(43)46-21-23-12-9-8-10-13-23/h8-10,12-13,18-20H,7,11,14-17,21H2,1-6H3,(H,34,42)(H,35,43)(H,36,44)(H,37,38). The Labute approximate surface area is 274 Å². The number of anilines is 2. The number of ether oxygens (including phenoxy) is 3. The predicted molar refractivity (Wildman–Crippen MR) is 178 cm³/mol. The molecule has 47 heavy (non-hydrogen) atoms. The molecule has 2 aromatic heterocycles. The number of hydrogen-bond acceptors (Lipinski definition) is 9. The van der Waals surface area contributed by atoms with Crippen molar-refractivity contribution in [2.75, 3.05) is 32.1 Å². The topological polar surface area (TPSA) is 163 Å². The van der Waals surface area contributed by atoms with E-state index in [4.69, 9.17) is 19.2 Å². The second-order valence-corrected chi connectivity index (χ2v) is 11.8. The Morgan fingerprint density at radius 3 is 2.36 bits per heavy atom. The highest BCUT2D eigenvalue weighted by atomic mass is 16.6. The fourth-order valence-corrected chi connectivity index (χ4v) is 4.79. The van der Waals surface area contributed by atoms with Crippen molar-refractivity contribution < 1.29 is 28.6 Å². The molecule has 0 fully saturated rings. The van der Waals surface area contributed by atoms with E-state index in [-0.39, 0.29) is 25.6 Å². The van der Waals surface area contributed by atoms with Gasteiger partial charge in [0.05, 0.1) is 18.3 Å². The lowest BCUT2D eigenvalue weighted by Crippen LogP contribution is -2.37. The summed E-state index contributed by atoms with van der Waals surface area (Å²) in [6, 6.07) is 14.8. The summed E-state index contributed by atoms with van der Waals surface area (Å²) in [5, 5.41) is 16.1. The van der Waals surface area contributed by atoms with Crippen LogP contribution in [0.2, 0.25) is 0 Å². The Morgan fingerprint density at radius 2 is 1.66 bits per heavy atom. The largest absolute Gasteiger partial charge is 0.494 e. The molecular weight excluding hydrogens is 604 g/mol. The SMILES string of the molecule is CCn1nc(C)cc1Nc1nc2cc(C(=O)NCCNC(=O)OC(C)(C)C)cc(OC)c2n1CCCNC(=O)OCc1ccccc1. The highest BCUT2D eigenvalue weighted by Crippen LogP contribution is 2.32. The van der Waals surface area contributed by atoms with Gasteiger partial charge < -0.3 is 40.0 Å². The first-order valence-corrected chi connectivity index (χ1v) is 15.6. The third-order valence-corrected chi connectivity index (χ3v) is 6.85. The summed E-state index contributed by atoms with van der Waals surface area (Å²) in [7, 11) is 1.53. The number of amides is 3. The highest BCUT2D eigenvalue weighted by Gasteiger charge is 2.20. The van der Waals surface area contributed by atoms with Crippen LogP contribution in [0.15, 0.2) is 48.5 Å². The van der Waals surface area contributed by atoms with Crippen LogP contribution in [0.5, 0.6) is 5.75 Å². The van der Waals surface area contributed by atoms with Gasteiger partial charge in [0.15, 0.2) is 0 Å². The monoisotopic (exact) mass is 648 g/mol. The first-order valence-electron chi connectivity index (χ1n) is 15.6. The van der Waals surface area contributed by atoms with Gasteiger partial charge in [-0.1, -0.05) is 30.3 Å². The number of aryl methyl sites for hydroxylation is 3. The van der Waals surface area contributed by atoms with Gasteiger partial charge in [-0.3, -0.25) is 4.79 Å². The van der Waals surface area contributed by atoms with Gasteiger partial charge in [0.25, 0.3) is 5.91 Å². The third-order valence-electron chi connectivity index (χ3n) is 6.85. The number of alkyl carbamates (subject to hydrolysis) is 2. The molecule has 4 N–H and O–H groups in total. The maximum Gasteiger partial charge on any atom is 0.407 e. The van der Waals surface area contributed by atoms with Crippen LogP contribution in [0.4, 0.5) is 21.4 Å². The zero-order valence-corrected chi connectivity index (χ0v) is 27.8. The number of nitrogens with one attached hydrogen (secondary N) is 4. The van der Waals surface area contributed by atoms with Gasteiger partial charge in [0.2, 0.25) is 5.95 Å². The fraction of sp³-hybridized carbons (Fsp3) is 0.424. The number of fused-ring (bicyclic) bond motifs is 1. The zero-order chi connectivity index (χ0) is 34.0. The van der Waals surface area contributed by atoms with Crippen LogP contribution in [-0.2, 0) is 29.2 Å². The van der Waals surface area contributed by atoms with E-state index < -0.39 is 17.8 Å². The first-order chi connectivity index (χ1) is 22.5. The second kappa shape index (κ2) is 15.8. The van der Waals surface area contributed by atoms with Crippen molar-refractivity contribution in [1.29, 1.82) is 0 Å². The smallest absolute Gasteiger partial charge is 0.407 e. The minimum Gasteiger partial charge on any atom is -0.494 e. The van der Waals surface area contributed by atoms with E-state index in [0.717, 1.165) is 17.1 Å². The fourth-order valence-electron chi connectivity index (χ4n) is 4.79. The van der Waals surface area contributed by atoms with E-state index in [1.165, 1.54) is 7.11 Å². The number of benzene rings is 2. The van der Waals surface area contributed by atoms with E-state index in [9.17, 15) is 14.4 Å². The van der Waals surface area contributed by atoms with E-state index >= 15 is 0 Å². The molecule has 0 bridgehead atoms. The molecule has 0 aliphatic carbocycles. The quantitative estimate of drug-likeness (QED) is 0.140. The zero-order valence-electron chi connectivity index (χ0n) is 27.8. The molecule has 4 rings (SSSR count). The van der Waals surface area contributed by atoms with Crippen LogP contribution in [0.1, 0.15) is 55.7 Å². The van der Waals surface area contributed by atoms with Crippen LogP contribution in [-0.4, -0.2) is 69.8 Å². The minimum atomic E-state index is -0.615. The highest BCUT2D eigenvalue weighted by molar-refractivity contribution is 6.00. The van der Waals surface area contributed by atoms with Crippen molar-refractivity contribution in [3.63, 3.8) is 0 Å². The molecule has 0 spiro atoms. The van der Waals surface area contributed by atoms with E-state index in [1.807, 2.05) is 59.5 Å². The average molecular weight is 649 g/mol. The lowest BCUT2D eigenvalue weighted by molar-refractivity contribution is 0.0526. The van der Waals surface area contributed by atoms with Crippen molar-refractivity contribution in [3.05, 3.63) is 65.4 Å². The Bertz CT molecular complexity index is 1680. The predicted octanol–water partition coefficient (Wildman–Crippen LogP) is 4.88. The van der Waals surface area contributed by atoms with Crippen LogP contribution in [0.3, 0.4) is 0 Å². The van der Waals surface area contributed by atoms with Gasteiger partial charge in [0, 0.05) is 44.4 Å². The lowest BCUT2D eigenvalue weighted by Gasteiger charge is -2.19. The molecule has 4 aromatic rings. The summed E-state index contributed by atoms with van der Waals surface area (Å²) in [6.07, 6.45) is -0.498. The maximum atomic E-state index is 13.1. The summed E-state index contributed by atoms with van der Waals surface area (Å²) in [4.78, 5) is 42.1. The van der Waals surface area contributed by atoms with Crippen molar-refractivity contribution in [3.8, 4) is 5.75 Å². The summed E-state index contributed by atoms with van der Waals surface area (Å²) in [5.41, 5.74) is 2.72. The molecule has 0 aliphatic rings. The normalized spacial score (nSPS) is 11.2. The van der Waals surface area contributed by atoms with Gasteiger partial charge in [-0.05, 0) is 58.7 Å². The number of hydrogen-bond donors (Lipinski definition) is 4. The Kier molecular flexibility index (Phi) is 11.7. The summed E-state index contributed by atoms with van der Waals surface area (Å²) >= 11 is 0. The van der Waals surface area contributed by atoms with Gasteiger partial charge >= 0.3 is 12.2 Å². The third kappa shape index (κ3) is 9.86. The second-order valence-electron chi connectivity index (χ2n) is 11.8. The molecule has 14 heteroatoms. The molecule has 0 saturated heterocycles. The number of rotatable bonds is 14. The maximum absolute atomic E-state index is 13.1.